The zero-order valence-corrected chi connectivity index (χ0v) is 21.5. The van der Waals surface area contributed by atoms with Gasteiger partial charge in [-0.15, -0.1) is 0 Å². The third kappa shape index (κ3) is 2.77. The van der Waals surface area contributed by atoms with Crippen molar-refractivity contribution in [1.82, 2.24) is 14.5 Å². The monoisotopic (exact) mass is 573 g/mol. The number of aliphatic hydroxyl groups is 2. The van der Waals surface area contributed by atoms with Gasteiger partial charge in [0.25, 0.3) is 23.2 Å². The van der Waals surface area contributed by atoms with Crippen LogP contribution in [0.1, 0.15) is 33.0 Å². The second-order valence-electron chi connectivity index (χ2n) is 10.6. The van der Waals surface area contributed by atoms with Crippen molar-refractivity contribution >= 4 is 66.8 Å². The van der Waals surface area contributed by atoms with Crippen LogP contribution in [0.25, 0.3) is 43.6 Å². The fraction of sp³-hybridized carbons (Fsp3) is 0.259. The van der Waals surface area contributed by atoms with Crippen LogP contribution in [-0.2, 0) is 9.47 Å². The van der Waals surface area contributed by atoms with Crippen molar-refractivity contribution in [2.75, 3.05) is 13.7 Å². The summed E-state index contributed by atoms with van der Waals surface area (Å²) in [5, 5.41) is 48.9. The molecule has 0 bridgehead atoms. The van der Waals surface area contributed by atoms with Gasteiger partial charge < -0.3 is 28.8 Å². The van der Waals surface area contributed by atoms with E-state index in [9.17, 15) is 40.0 Å². The summed E-state index contributed by atoms with van der Waals surface area (Å²) in [7, 11) is 1.37. The Labute approximate surface area is 232 Å². The van der Waals surface area contributed by atoms with Gasteiger partial charge in [0.15, 0.2) is 6.23 Å². The molecule has 15 nitrogen and oxygen atoms in total. The smallest absolute Gasteiger partial charge is 0.270 e. The van der Waals surface area contributed by atoms with E-state index in [0.717, 1.165) is 0 Å². The van der Waals surface area contributed by atoms with Gasteiger partial charge in [0, 0.05) is 52.9 Å². The highest BCUT2D eigenvalue weighted by molar-refractivity contribution is 6.39. The van der Waals surface area contributed by atoms with E-state index in [1.807, 2.05) is 0 Å². The molecule has 5 atom stereocenters. The summed E-state index contributed by atoms with van der Waals surface area (Å²) in [6, 6.07) is 7.32. The molecule has 5 heterocycles. The Balaban J connectivity index is 1.66. The number of nitrogens with zero attached hydrogens (tertiary/aromatic N) is 4. The lowest BCUT2D eigenvalue weighted by molar-refractivity contribution is -0.384. The van der Waals surface area contributed by atoms with Crippen LogP contribution in [0.5, 0.6) is 0 Å². The molecular formula is C27H19N5O10. The number of methoxy groups -OCH3 is 1. The van der Waals surface area contributed by atoms with Crippen molar-refractivity contribution in [3.8, 4) is 0 Å². The lowest BCUT2D eigenvalue weighted by Gasteiger charge is -2.47. The van der Waals surface area contributed by atoms with Crippen molar-refractivity contribution in [3.63, 3.8) is 0 Å². The number of ether oxygens (including phenoxy) is 2. The third-order valence-corrected chi connectivity index (χ3v) is 8.71. The number of hydrogen-bond donors (Lipinski definition) is 3. The van der Waals surface area contributed by atoms with Gasteiger partial charge in [0.05, 0.1) is 49.6 Å². The average Bonchev–Trinajstić information content (AvgIpc) is 3.58. The largest absolute Gasteiger partial charge is 0.394 e. The third-order valence-electron chi connectivity index (χ3n) is 8.71. The molecule has 0 saturated carbocycles. The average molecular weight is 573 g/mol. The first-order valence-electron chi connectivity index (χ1n) is 12.9. The van der Waals surface area contributed by atoms with Gasteiger partial charge in [-0.2, -0.15) is 0 Å². The number of imide groups is 1. The molecule has 3 aromatic carbocycles. The molecule has 0 spiro atoms. The number of amides is 2. The Kier molecular flexibility index (Phi) is 4.77. The molecule has 0 radical (unpaired) electrons. The van der Waals surface area contributed by atoms with Crippen LogP contribution in [0, 0.1) is 20.2 Å². The summed E-state index contributed by atoms with van der Waals surface area (Å²) >= 11 is 0. The molecular weight excluding hydrogens is 554 g/mol. The van der Waals surface area contributed by atoms with Gasteiger partial charge in [-0.3, -0.25) is 35.1 Å². The van der Waals surface area contributed by atoms with Crippen molar-refractivity contribution in [1.29, 1.82) is 0 Å². The number of rotatable bonds is 4. The van der Waals surface area contributed by atoms with E-state index in [4.69, 9.17) is 9.47 Å². The molecule has 42 heavy (non-hydrogen) atoms. The molecule has 2 aromatic heterocycles. The number of nitro groups is 2. The van der Waals surface area contributed by atoms with Gasteiger partial charge >= 0.3 is 0 Å². The Hall–Kier alpha value is -4.96. The first-order chi connectivity index (χ1) is 20.2. The predicted molar refractivity (Wildman–Crippen MR) is 144 cm³/mol. The van der Waals surface area contributed by atoms with Crippen LogP contribution in [0.2, 0.25) is 0 Å². The van der Waals surface area contributed by atoms with Crippen LogP contribution in [-0.4, -0.2) is 73.0 Å². The maximum atomic E-state index is 13.4. The number of aromatic nitrogens is 2. The molecule has 212 valence electrons. The predicted octanol–water partition coefficient (Wildman–Crippen LogP) is 2.42. The molecule has 3 aliphatic heterocycles. The molecule has 5 aromatic rings. The van der Waals surface area contributed by atoms with E-state index < -0.39 is 58.8 Å². The lowest BCUT2D eigenvalue weighted by atomic mass is 9.92. The number of aliphatic hydroxyl groups excluding tert-OH is 2. The fourth-order valence-corrected chi connectivity index (χ4v) is 7.16. The normalized spacial score (nSPS) is 24.6. The van der Waals surface area contributed by atoms with Gasteiger partial charge in [-0.05, 0) is 12.1 Å². The van der Waals surface area contributed by atoms with E-state index in [1.165, 1.54) is 43.5 Å². The number of carbonyl (C=O) groups is 2. The van der Waals surface area contributed by atoms with Crippen molar-refractivity contribution in [2.45, 2.75) is 30.6 Å². The van der Waals surface area contributed by atoms with Crippen molar-refractivity contribution < 1.29 is 39.1 Å². The zero-order chi connectivity index (χ0) is 29.4. The number of nitrogens with one attached hydrogen (secondary N) is 1. The minimum Gasteiger partial charge on any atom is -0.394 e. The van der Waals surface area contributed by atoms with Gasteiger partial charge in [0.1, 0.15) is 24.4 Å². The first-order valence-corrected chi connectivity index (χ1v) is 12.9. The van der Waals surface area contributed by atoms with Gasteiger partial charge in [-0.1, -0.05) is 0 Å². The molecule has 1 fully saturated rings. The molecule has 3 aliphatic rings. The molecule has 0 unspecified atom stereocenters. The fourth-order valence-electron chi connectivity index (χ4n) is 7.16. The summed E-state index contributed by atoms with van der Waals surface area (Å²) in [5.74, 6) is -1.43. The number of carbonyl (C=O) groups excluding carboxylic acids is 2. The standard InChI is InChI=1S/C27H19N5O10/c1-41-24-15(8-33)42-27-22(23(24)34)29-13-4-2-9(31(37)38)6-11(13)16-18-19(26(36)28-25(18)35)17-12-7-10(32(39)40)3-5-14(12)30(27)21(17)20(16)29/h2-7,15,22-24,27,33-34H,8H2,1H3,(H,28,35,36)/t15-,22+,23-,24-,27-/m1/s1. The highest BCUT2D eigenvalue weighted by Gasteiger charge is 2.52. The minimum atomic E-state index is -1.28. The number of fused-ring (bicyclic) bond motifs is 12. The second-order valence-corrected chi connectivity index (χ2v) is 10.6. The van der Waals surface area contributed by atoms with Gasteiger partial charge in [0.2, 0.25) is 0 Å². The quantitative estimate of drug-likeness (QED) is 0.163. The lowest BCUT2D eigenvalue weighted by Crippen LogP contribution is -2.55. The van der Waals surface area contributed by atoms with Crippen LogP contribution in [0.4, 0.5) is 11.4 Å². The van der Waals surface area contributed by atoms with E-state index in [0.29, 0.717) is 32.8 Å². The number of benzene rings is 3. The Bertz CT molecular complexity index is 2130. The number of hydrogen-bond acceptors (Lipinski definition) is 10. The number of nitro benzene ring substituents is 2. The molecule has 3 N–H and O–H groups in total. The van der Waals surface area contributed by atoms with E-state index in [1.54, 1.807) is 9.13 Å². The first kappa shape index (κ1) is 24.8. The summed E-state index contributed by atoms with van der Waals surface area (Å²) in [4.78, 5) is 49.1. The van der Waals surface area contributed by atoms with E-state index in [-0.39, 0.29) is 33.3 Å². The van der Waals surface area contributed by atoms with Crippen LogP contribution in [0.15, 0.2) is 36.4 Å². The molecule has 15 heteroatoms. The SMILES string of the molecule is CO[C@H]1[C@H](O)[C@H]2[C@@H](O[C@@H]1CO)n1c3ccc([N+](=O)[O-])cc3c3c4c(c5c6cc([N+](=O)[O-])ccc6n2c5c31)C(=O)NC4=O. The van der Waals surface area contributed by atoms with Crippen LogP contribution in [0.3, 0.4) is 0 Å². The Morgan fingerprint density at radius 2 is 1.45 bits per heavy atom. The highest BCUT2D eigenvalue weighted by Crippen LogP contribution is 2.54. The topological polar surface area (TPSA) is 201 Å². The summed E-state index contributed by atoms with van der Waals surface area (Å²) in [6.07, 6.45) is -4.22. The highest BCUT2D eigenvalue weighted by atomic mass is 16.6. The molecule has 2 amide bonds. The maximum absolute atomic E-state index is 13.4. The summed E-state index contributed by atoms with van der Waals surface area (Å²) < 4.78 is 15.4. The molecule has 8 rings (SSSR count). The van der Waals surface area contributed by atoms with E-state index >= 15 is 0 Å². The summed E-state index contributed by atoms with van der Waals surface area (Å²) in [6.45, 7) is -0.491. The molecule has 0 aliphatic carbocycles. The Morgan fingerprint density at radius 1 is 0.929 bits per heavy atom. The van der Waals surface area contributed by atoms with Gasteiger partial charge in [-0.25, -0.2) is 0 Å². The number of non-ortho nitro benzene ring substituents is 2. The maximum Gasteiger partial charge on any atom is 0.270 e. The van der Waals surface area contributed by atoms with Crippen molar-refractivity contribution in [3.05, 3.63) is 67.8 Å². The second kappa shape index (κ2) is 8.07. The van der Waals surface area contributed by atoms with Crippen LogP contribution >= 0.6 is 0 Å². The Morgan fingerprint density at radius 3 is 1.95 bits per heavy atom. The molecule has 1 saturated heterocycles. The van der Waals surface area contributed by atoms with Crippen LogP contribution < -0.4 is 5.32 Å². The van der Waals surface area contributed by atoms with Crippen molar-refractivity contribution in [2.24, 2.45) is 0 Å². The minimum absolute atomic E-state index is 0.0133. The summed E-state index contributed by atoms with van der Waals surface area (Å²) in [5.41, 5.74) is 1.11. The van der Waals surface area contributed by atoms with E-state index in [2.05, 4.69) is 5.32 Å². The zero-order valence-electron chi connectivity index (χ0n) is 21.5.